The third kappa shape index (κ3) is 3.74. The number of benzene rings is 1. The zero-order valence-electron chi connectivity index (χ0n) is 10.9. The molecule has 0 aromatic heterocycles. The average molecular weight is 247 g/mol. The van der Waals surface area contributed by atoms with Crippen LogP contribution in [0.25, 0.3) is 0 Å². The van der Waals surface area contributed by atoms with E-state index in [-0.39, 0.29) is 5.41 Å². The first-order valence-corrected chi connectivity index (χ1v) is 6.38. The van der Waals surface area contributed by atoms with Crippen LogP contribution in [-0.4, -0.2) is 25.7 Å². The van der Waals surface area contributed by atoms with E-state index in [0.717, 1.165) is 38.3 Å². The highest BCUT2D eigenvalue weighted by atomic mass is 16.5. The Kier molecular flexibility index (Phi) is 4.20. The van der Waals surface area contributed by atoms with Gasteiger partial charge in [-0.3, -0.25) is 4.99 Å². The van der Waals surface area contributed by atoms with Crippen LogP contribution < -0.4 is 11.1 Å². The molecule has 0 saturated carbocycles. The number of hydrogen-bond acceptors (Lipinski definition) is 2. The second kappa shape index (κ2) is 5.87. The van der Waals surface area contributed by atoms with Gasteiger partial charge in [0.15, 0.2) is 5.96 Å². The largest absolute Gasteiger partial charge is 0.381 e. The molecular formula is C14H21N3O. The number of aliphatic imine (C=N–C) groups is 1. The summed E-state index contributed by atoms with van der Waals surface area (Å²) in [6, 6.07) is 9.85. The average Bonchev–Trinajstić information content (AvgIpc) is 2.39. The summed E-state index contributed by atoms with van der Waals surface area (Å²) in [5.41, 5.74) is 7.08. The summed E-state index contributed by atoms with van der Waals surface area (Å²) in [7, 11) is 0. The Morgan fingerprint density at radius 3 is 2.67 bits per heavy atom. The van der Waals surface area contributed by atoms with Gasteiger partial charge in [-0.2, -0.15) is 0 Å². The van der Waals surface area contributed by atoms with E-state index in [1.54, 1.807) is 0 Å². The molecule has 4 nitrogen and oxygen atoms in total. The van der Waals surface area contributed by atoms with Gasteiger partial charge in [-0.05, 0) is 30.4 Å². The minimum atomic E-state index is 0.223. The van der Waals surface area contributed by atoms with Crippen molar-refractivity contribution in [2.45, 2.75) is 19.8 Å². The summed E-state index contributed by atoms with van der Waals surface area (Å²) in [6.07, 6.45) is 2.10. The molecule has 3 N–H and O–H groups in total. The summed E-state index contributed by atoms with van der Waals surface area (Å²) in [5, 5.41) is 3.10. The maximum Gasteiger partial charge on any atom is 0.193 e. The fourth-order valence-electron chi connectivity index (χ4n) is 2.01. The van der Waals surface area contributed by atoms with Crippen LogP contribution in [0.4, 0.5) is 5.69 Å². The van der Waals surface area contributed by atoms with E-state index in [0.29, 0.717) is 5.96 Å². The maximum absolute atomic E-state index is 5.89. The van der Waals surface area contributed by atoms with Gasteiger partial charge in [0, 0.05) is 25.4 Å². The van der Waals surface area contributed by atoms with E-state index in [1.807, 2.05) is 30.3 Å². The van der Waals surface area contributed by atoms with Crippen LogP contribution in [0.2, 0.25) is 0 Å². The molecule has 0 amide bonds. The van der Waals surface area contributed by atoms with Crippen LogP contribution in [0, 0.1) is 5.41 Å². The van der Waals surface area contributed by atoms with E-state index in [2.05, 4.69) is 17.2 Å². The van der Waals surface area contributed by atoms with Gasteiger partial charge in [0.05, 0.1) is 0 Å². The minimum Gasteiger partial charge on any atom is -0.381 e. The normalized spacial score (nSPS) is 19.5. The standard InChI is InChI=1S/C14H21N3O/c1-14(7-9-18-10-8-14)11-16-13(15)17-12-5-3-2-4-6-12/h2-6H,7-11H2,1H3,(H3,15,16,17). The van der Waals surface area contributed by atoms with Crippen LogP contribution in [0.3, 0.4) is 0 Å². The van der Waals surface area contributed by atoms with Gasteiger partial charge < -0.3 is 15.8 Å². The smallest absolute Gasteiger partial charge is 0.193 e. The molecular weight excluding hydrogens is 226 g/mol. The number of nitrogens with two attached hydrogens (primary N) is 1. The molecule has 98 valence electrons. The molecule has 0 spiro atoms. The lowest BCUT2D eigenvalue weighted by molar-refractivity contribution is 0.0283. The van der Waals surface area contributed by atoms with Gasteiger partial charge in [0.1, 0.15) is 0 Å². The molecule has 1 saturated heterocycles. The fraction of sp³-hybridized carbons (Fsp3) is 0.500. The van der Waals surface area contributed by atoms with Crippen LogP contribution in [0.15, 0.2) is 35.3 Å². The highest BCUT2D eigenvalue weighted by molar-refractivity contribution is 5.92. The van der Waals surface area contributed by atoms with Gasteiger partial charge in [-0.15, -0.1) is 0 Å². The molecule has 0 aliphatic carbocycles. The Morgan fingerprint density at radius 1 is 1.33 bits per heavy atom. The van der Waals surface area contributed by atoms with Crippen molar-refractivity contribution in [1.29, 1.82) is 0 Å². The molecule has 0 radical (unpaired) electrons. The molecule has 1 heterocycles. The SMILES string of the molecule is CC1(CN=C(N)Nc2ccccc2)CCOCC1. The topological polar surface area (TPSA) is 59.6 Å². The van der Waals surface area contributed by atoms with Crippen molar-refractivity contribution in [3.8, 4) is 0 Å². The van der Waals surface area contributed by atoms with Crippen molar-refractivity contribution >= 4 is 11.6 Å². The highest BCUT2D eigenvalue weighted by Crippen LogP contribution is 2.29. The number of para-hydroxylation sites is 1. The third-order valence-corrected chi connectivity index (χ3v) is 3.38. The molecule has 1 aliphatic rings. The predicted molar refractivity (Wildman–Crippen MR) is 74.7 cm³/mol. The van der Waals surface area contributed by atoms with Crippen LogP contribution in [0.5, 0.6) is 0 Å². The Bertz CT molecular complexity index is 397. The number of ether oxygens (including phenoxy) is 1. The Labute approximate surface area is 108 Å². The Balaban J connectivity index is 1.88. The molecule has 0 unspecified atom stereocenters. The third-order valence-electron chi connectivity index (χ3n) is 3.38. The first-order valence-electron chi connectivity index (χ1n) is 6.38. The molecule has 1 aromatic carbocycles. The first-order chi connectivity index (χ1) is 8.68. The van der Waals surface area contributed by atoms with Crippen molar-refractivity contribution in [2.75, 3.05) is 25.1 Å². The summed E-state index contributed by atoms with van der Waals surface area (Å²) < 4.78 is 5.37. The van der Waals surface area contributed by atoms with Gasteiger partial charge in [-0.25, -0.2) is 0 Å². The molecule has 2 rings (SSSR count). The van der Waals surface area contributed by atoms with Crippen molar-refractivity contribution in [3.63, 3.8) is 0 Å². The van der Waals surface area contributed by atoms with Gasteiger partial charge in [0.25, 0.3) is 0 Å². The van der Waals surface area contributed by atoms with E-state index in [9.17, 15) is 0 Å². The van der Waals surface area contributed by atoms with E-state index in [1.165, 1.54) is 0 Å². The van der Waals surface area contributed by atoms with Gasteiger partial charge in [0.2, 0.25) is 0 Å². The second-order valence-electron chi connectivity index (χ2n) is 5.12. The number of nitrogens with zero attached hydrogens (tertiary/aromatic N) is 1. The van der Waals surface area contributed by atoms with Crippen LogP contribution in [0.1, 0.15) is 19.8 Å². The van der Waals surface area contributed by atoms with Crippen LogP contribution in [-0.2, 0) is 4.74 Å². The molecule has 1 fully saturated rings. The predicted octanol–water partition coefficient (Wildman–Crippen LogP) is 2.23. The van der Waals surface area contributed by atoms with Crippen molar-refractivity contribution in [2.24, 2.45) is 16.1 Å². The monoisotopic (exact) mass is 247 g/mol. The number of guanidine groups is 1. The lowest BCUT2D eigenvalue weighted by atomic mass is 9.83. The minimum absolute atomic E-state index is 0.223. The molecule has 0 atom stereocenters. The van der Waals surface area contributed by atoms with Crippen molar-refractivity contribution < 1.29 is 4.74 Å². The summed E-state index contributed by atoms with van der Waals surface area (Å²) >= 11 is 0. The second-order valence-corrected chi connectivity index (χ2v) is 5.12. The molecule has 1 aromatic rings. The molecule has 1 aliphatic heterocycles. The zero-order chi connectivity index (χ0) is 12.8. The number of anilines is 1. The maximum atomic E-state index is 5.89. The van der Waals surface area contributed by atoms with Gasteiger partial charge in [-0.1, -0.05) is 25.1 Å². The highest BCUT2D eigenvalue weighted by Gasteiger charge is 2.26. The molecule has 4 heteroatoms. The van der Waals surface area contributed by atoms with Crippen molar-refractivity contribution in [1.82, 2.24) is 0 Å². The van der Waals surface area contributed by atoms with Gasteiger partial charge >= 0.3 is 0 Å². The number of hydrogen-bond donors (Lipinski definition) is 2. The lowest BCUT2D eigenvalue weighted by Gasteiger charge is -2.31. The summed E-state index contributed by atoms with van der Waals surface area (Å²) in [6.45, 7) is 4.66. The number of rotatable bonds is 3. The fourth-order valence-corrected chi connectivity index (χ4v) is 2.01. The van der Waals surface area contributed by atoms with Crippen LogP contribution >= 0.6 is 0 Å². The quantitative estimate of drug-likeness (QED) is 0.636. The Hall–Kier alpha value is -1.55. The Morgan fingerprint density at radius 2 is 2.00 bits per heavy atom. The van der Waals surface area contributed by atoms with E-state index < -0.39 is 0 Å². The number of nitrogens with one attached hydrogen (secondary N) is 1. The van der Waals surface area contributed by atoms with E-state index >= 15 is 0 Å². The molecule has 18 heavy (non-hydrogen) atoms. The van der Waals surface area contributed by atoms with E-state index in [4.69, 9.17) is 10.5 Å². The first kappa shape index (κ1) is 12.9. The zero-order valence-corrected chi connectivity index (χ0v) is 10.9. The summed E-state index contributed by atoms with van der Waals surface area (Å²) in [4.78, 5) is 4.44. The lowest BCUT2D eigenvalue weighted by Crippen LogP contribution is -2.31. The van der Waals surface area contributed by atoms with Crippen molar-refractivity contribution in [3.05, 3.63) is 30.3 Å². The summed E-state index contributed by atoms with van der Waals surface area (Å²) in [5.74, 6) is 0.480. The molecule has 0 bridgehead atoms.